The highest BCUT2D eigenvalue weighted by atomic mass is 16.5. The normalized spacial score (nSPS) is 14.5. The Hall–Kier alpha value is -3.06. The Labute approximate surface area is 165 Å². The summed E-state index contributed by atoms with van der Waals surface area (Å²) in [7, 11) is 3.18. The lowest BCUT2D eigenvalue weighted by atomic mass is 10.1. The van der Waals surface area contributed by atoms with Crippen LogP contribution in [-0.2, 0) is 4.79 Å². The van der Waals surface area contributed by atoms with Crippen LogP contribution in [0.1, 0.15) is 12.5 Å². The molecule has 3 rings (SSSR count). The molecular formula is C21H26N4O3. The van der Waals surface area contributed by atoms with Gasteiger partial charge < -0.3 is 25.0 Å². The van der Waals surface area contributed by atoms with Gasteiger partial charge in [0.2, 0.25) is 0 Å². The number of methoxy groups -OCH3 is 2. The first kappa shape index (κ1) is 19.7. The van der Waals surface area contributed by atoms with Crippen molar-refractivity contribution < 1.29 is 14.3 Å². The average molecular weight is 382 g/mol. The molecular weight excluding hydrogens is 356 g/mol. The second-order valence-electron chi connectivity index (χ2n) is 6.51. The SMILES string of the molecule is COc1ccc(/C=C(\C)C(=O)Nc2cccnc2N2CCNCC2)cc1OC. The molecule has 1 saturated heterocycles. The fourth-order valence-corrected chi connectivity index (χ4v) is 3.10. The van der Waals surface area contributed by atoms with Gasteiger partial charge in [-0.05, 0) is 42.8 Å². The lowest BCUT2D eigenvalue weighted by molar-refractivity contribution is -0.112. The van der Waals surface area contributed by atoms with E-state index in [-0.39, 0.29) is 5.91 Å². The van der Waals surface area contributed by atoms with Crippen molar-refractivity contribution in [1.82, 2.24) is 10.3 Å². The van der Waals surface area contributed by atoms with Crippen LogP contribution in [0.3, 0.4) is 0 Å². The van der Waals surface area contributed by atoms with Gasteiger partial charge in [-0.25, -0.2) is 4.98 Å². The number of rotatable bonds is 6. The van der Waals surface area contributed by atoms with Gasteiger partial charge in [0, 0.05) is 37.9 Å². The highest BCUT2D eigenvalue weighted by Gasteiger charge is 2.17. The van der Waals surface area contributed by atoms with Crippen molar-refractivity contribution in [3.05, 3.63) is 47.7 Å². The molecule has 2 N–H and O–H groups in total. The second kappa shape index (κ2) is 9.23. The van der Waals surface area contributed by atoms with Gasteiger partial charge in [0.1, 0.15) is 0 Å². The molecule has 2 heterocycles. The highest BCUT2D eigenvalue weighted by Crippen LogP contribution is 2.29. The molecule has 0 aliphatic carbocycles. The number of amides is 1. The first-order chi connectivity index (χ1) is 13.6. The second-order valence-corrected chi connectivity index (χ2v) is 6.51. The lowest BCUT2D eigenvalue weighted by Crippen LogP contribution is -2.44. The van der Waals surface area contributed by atoms with E-state index in [1.165, 1.54) is 0 Å². The van der Waals surface area contributed by atoms with E-state index in [9.17, 15) is 4.79 Å². The average Bonchev–Trinajstić information content (AvgIpc) is 2.74. The third-order valence-electron chi connectivity index (χ3n) is 4.60. The molecule has 1 aromatic heterocycles. The molecule has 0 saturated carbocycles. The Morgan fingerprint density at radius 3 is 2.64 bits per heavy atom. The Bertz CT molecular complexity index is 860. The van der Waals surface area contributed by atoms with Crippen molar-refractivity contribution in [2.45, 2.75) is 6.92 Å². The van der Waals surface area contributed by atoms with Crippen LogP contribution < -0.4 is 25.0 Å². The molecule has 0 radical (unpaired) electrons. The molecule has 0 bridgehead atoms. The molecule has 1 fully saturated rings. The summed E-state index contributed by atoms with van der Waals surface area (Å²) >= 11 is 0. The van der Waals surface area contributed by atoms with Crippen LogP contribution in [-0.4, -0.2) is 51.3 Å². The molecule has 1 aliphatic heterocycles. The van der Waals surface area contributed by atoms with E-state index in [1.807, 2.05) is 36.4 Å². The van der Waals surface area contributed by atoms with Gasteiger partial charge in [-0.1, -0.05) is 6.07 Å². The van der Waals surface area contributed by atoms with Crippen LogP contribution in [0, 0.1) is 0 Å². The first-order valence-electron chi connectivity index (χ1n) is 9.24. The van der Waals surface area contributed by atoms with Crippen molar-refractivity contribution in [2.75, 3.05) is 50.6 Å². The zero-order valence-corrected chi connectivity index (χ0v) is 16.5. The minimum Gasteiger partial charge on any atom is -0.493 e. The summed E-state index contributed by atoms with van der Waals surface area (Å²) in [5.74, 6) is 1.91. The van der Waals surface area contributed by atoms with Crippen LogP contribution in [0.4, 0.5) is 11.5 Å². The zero-order valence-electron chi connectivity index (χ0n) is 16.5. The summed E-state index contributed by atoms with van der Waals surface area (Å²) in [6.45, 7) is 5.32. The number of nitrogens with zero attached hydrogens (tertiary/aromatic N) is 2. The van der Waals surface area contributed by atoms with Gasteiger partial charge in [0.15, 0.2) is 17.3 Å². The maximum atomic E-state index is 12.7. The third-order valence-corrected chi connectivity index (χ3v) is 4.60. The standard InChI is InChI=1S/C21H26N4O3/c1-15(13-16-6-7-18(27-2)19(14-16)28-3)21(26)24-17-5-4-8-23-20(17)25-11-9-22-10-12-25/h4-8,13-14,22H,9-12H2,1-3H3,(H,24,26)/b15-13+. The predicted molar refractivity (Wildman–Crippen MR) is 111 cm³/mol. The number of benzene rings is 1. The molecule has 0 spiro atoms. The first-order valence-corrected chi connectivity index (χ1v) is 9.24. The van der Waals surface area contributed by atoms with Gasteiger partial charge in [0.05, 0.1) is 19.9 Å². The number of aromatic nitrogens is 1. The van der Waals surface area contributed by atoms with Crippen LogP contribution >= 0.6 is 0 Å². The molecule has 148 valence electrons. The largest absolute Gasteiger partial charge is 0.493 e. The smallest absolute Gasteiger partial charge is 0.251 e. The lowest BCUT2D eigenvalue weighted by Gasteiger charge is -2.29. The molecule has 1 aromatic carbocycles. The summed E-state index contributed by atoms with van der Waals surface area (Å²) in [6.07, 6.45) is 3.57. The number of ether oxygens (including phenoxy) is 2. The molecule has 0 unspecified atom stereocenters. The van der Waals surface area contributed by atoms with Crippen LogP contribution in [0.25, 0.3) is 6.08 Å². The minimum atomic E-state index is -0.167. The summed E-state index contributed by atoms with van der Waals surface area (Å²) in [6, 6.07) is 9.25. The predicted octanol–water partition coefficient (Wildman–Crippen LogP) is 2.55. The van der Waals surface area contributed by atoms with Gasteiger partial charge in [-0.15, -0.1) is 0 Å². The molecule has 28 heavy (non-hydrogen) atoms. The molecule has 2 aromatic rings. The van der Waals surface area contributed by atoms with E-state index in [1.54, 1.807) is 27.3 Å². The van der Waals surface area contributed by atoms with Gasteiger partial charge in [-0.3, -0.25) is 4.79 Å². The quantitative estimate of drug-likeness (QED) is 0.748. The Balaban J connectivity index is 1.77. The van der Waals surface area contributed by atoms with Crippen molar-refractivity contribution >= 4 is 23.5 Å². The summed E-state index contributed by atoms with van der Waals surface area (Å²) in [5.41, 5.74) is 2.16. The topological polar surface area (TPSA) is 75.7 Å². The van der Waals surface area contributed by atoms with Gasteiger partial charge in [0.25, 0.3) is 5.91 Å². The van der Waals surface area contributed by atoms with Gasteiger partial charge >= 0.3 is 0 Å². The molecule has 0 atom stereocenters. The van der Waals surface area contributed by atoms with E-state index in [2.05, 4.69) is 20.5 Å². The van der Waals surface area contributed by atoms with E-state index in [0.717, 1.165) is 43.2 Å². The van der Waals surface area contributed by atoms with E-state index in [4.69, 9.17) is 9.47 Å². The number of hydrogen-bond acceptors (Lipinski definition) is 6. The van der Waals surface area contributed by atoms with Gasteiger partial charge in [-0.2, -0.15) is 0 Å². The fourth-order valence-electron chi connectivity index (χ4n) is 3.10. The Morgan fingerprint density at radius 1 is 1.18 bits per heavy atom. The van der Waals surface area contributed by atoms with E-state index >= 15 is 0 Å². The number of carbonyl (C=O) groups excluding carboxylic acids is 1. The highest BCUT2D eigenvalue weighted by molar-refractivity contribution is 6.07. The third kappa shape index (κ3) is 4.61. The maximum Gasteiger partial charge on any atom is 0.251 e. The van der Waals surface area contributed by atoms with E-state index < -0.39 is 0 Å². The van der Waals surface area contributed by atoms with E-state index in [0.29, 0.717) is 17.1 Å². The van der Waals surface area contributed by atoms with Crippen LogP contribution in [0.2, 0.25) is 0 Å². The number of pyridine rings is 1. The van der Waals surface area contributed by atoms with Crippen molar-refractivity contribution in [3.8, 4) is 11.5 Å². The fraction of sp³-hybridized carbons (Fsp3) is 0.333. The van der Waals surface area contributed by atoms with Crippen molar-refractivity contribution in [1.29, 1.82) is 0 Å². The zero-order chi connectivity index (χ0) is 19.9. The monoisotopic (exact) mass is 382 g/mol. The minimum absolute atomic E-state index is 0.167. The summed E-state index contributed by atoms with van der Waals surface area (Å²) < 4.78 is 10.6. The number of anilines is 2. The number of carbonyl (C=O) groups is 1. The Morgan fingerprint density at radius 2 is 1.93 bits per heavy atom. The van der Waals surface area contributed by atoms with Crippen LogP contribution in [0.15, 0.2) is 42.1 Å². The molecule has 7 heteroatoms. The summed E-state index contributed by atoms with van der Waals surface area (Å²) in [5, 5.41) is 6.31. The summed E-state index contributed by atoms with van der Waals surface area (Å²) in [4.78, 5) is 19.4. The number of hydrogen-bond donors (Lipinski definition) is 2. The molecule has 1 aliphatic rings. The Kier molecular flexibility index (Phi) is 6.49. The van der Waals surface area contributed by atoms with Crippen molar-refractivity contribution in [3.63, 3.8) is 0 Å². The van der Waals surface area contributed by atoms with Crippen LogP contribution in [0.5, 0.6) is 11.5 Å². The van der Waals surface area contributed by atoms with Crippen molar-refractivity contribution in [2.24, 2.45) is 0 Å². The molecule has 1 amide bonds. The maximum absolute atomic E-state index is 12.7. The number of nitrogens with one attached hydrogen (secondary N) is 2. The number of piperazine rings is 1. The molecule has 7 nitrogen and oxygen atoms in total.